The van der Waals surface area contributed by atoms with Crippen molar-refractivity contribution in [3.05, 3.63) is 0 Å². The van der Waals surface area contributed by atoms with Crippen LogP contribution in [0.5, 0.6) is 0 Å². The molecule has 20 heavy (non-hydrogen) atoms. The maximum atomic E-state index is 5.63. The van der Waals surface area contributed by atoms with Gasteiger partial charge in [-0.1, -0.05) is 0 Å². The second-order valence-electron chi connectivity index (χ2n) is 6.13. The molecule has 0 aliphatic heterocycles. The van der Waals surface area contributed by atoms with E-state index in [2.05, 4.69) is 49.4 Å². The first-order chi connectivity index (χ1) is 9.33. The fourth-order valence-corrected chi connectivity index (χ4v) is 3.66. The van der Waals surface area contributed by atoms with Crippen LogP contribution in [0.2, 0.25) is 6.55 Å². The molecule has 0 aromatic rings. The zero-order valence-electron chi connectivity index (χ0n) is 14.6. The molecule has 0 aliphatic rings. The smallest absolute Gasteiger partial charge is 0.348 e. The van der Waals surface area contributed by atoms with E-state index in [4.69, 9.17) is 8.85 Å². The number of hydrogen-bond donors (Lipinski definition) is 0. The molecule has 0 fully saturated rings. The molecule has 0 aliphatic carbocycles. The summed E-state index contributed by atoms with van der Waals surface area (Å²) in [5.41, 5.74) is 0. The van der Waals surface area contributed by atoms with E-state index in [1.54, 1.807) is 14.2 Å². The van der Waals surface area contributed by atoms with Crippen LogP contribution >= 0.6 is 0 Å². The zero-order chi connectivity index (χ0) is 15.6. The van der Waals surface area contributed by atoms with E-state index < -0.39 is 8.56 Å². The standard InChI is InChI=1S/C14H35N3O2Si/c1-15(2)10-8-12-17(13-9-11-16(3)4)14-20(7,18-5)19-6/h8-14H2,1-7H3. The minimum absolute atomic E-state index is 0.945. The van der Waals surface area contributed by atoms with E-state index in [-0.39, 0.29) is 0 Å². The first-order valence-electron chi connectivity index (χ1n) is 7.45. The van der Waals surface area contributed by atoms with Crippen LogP contribution in [0.4, 0.5) is 0 Å². The first-order valence-corrected chi connectivity index (χ1v) is 9.97. The van der Waals surface area contributed by atoms with E-state index >= 15 is 0 Å². The van der Waals surface area contributed by atoms with Crippen molar-refractivity contribution in [2.75, 3.05) is 74.8 Å². The van der Waals surface area contributed by atoms with Crippen molar-refractivity contribution in [3.8, 4) is 0 Å². The lowest BCUT2D eigenvalue weighted by atomic mass is 10.3. The molecule has 0 heterocycles. The molecule has 0 atom stereocenters. The molecule has 0 aromatic heterocycles. The maximum absolute atomic E-state index is 5.63. The number of hydrogen-bond acceptors (Lipinski definition) is 5. The molecule has 122 valence electrons. The van der Waals surface area contributed by atoms with Gasteiger partial charge in [-0.2, -0.15) is 0 Å². The van der Waals surface area contributed by atoms with E-state index in [0.717, 1.165) is 32.3 Å². The summed E-state index contributed by atoms with van der Waals surface area (Å²) in [6.07, 6.45) is 3.32. The van der Waals surface area contributed by atoms with Crippen LogP contribution in [-0.2, 0) is 8.85 Å². The van der Waals surface area contributed by atoms with Crippen molar-refractivity contribution in [3.63, 3.8) is 0 Å². The molecule has 6 heteroatoms. The van der Waals surface area contributed by atoms with E-state index in [9.17, 15) is 0 Å². The van der Waals surface area contributed by atoms with Crippen molar-refractivity contribution in [1.29, 1.82) is 0 Å². The van der Waals surface area contributed by atoms with Crippen molar-refractivity contribution in [2.45, 2.75) is 19.4 Å². The molecule has 0 saturated heterocycles. The van der Waals surface area contributed by atoms with E-state index in [1.807, 2.05) is 0 Å². The molecule has 0 unspecified atom stereocenters. The monoisotopic (exact) mass is 305 g/mol. The predicted molar refractivity (Wildman–Crippen MR) is 88.4 cm³/mol. The highest BCUT2D eigenvalue weighted by Gasteiger charge is 2.31. The van der Waals surface area contributed by atoms with Crippen molar-refractivity contribution in [2.24, 2.45) is 0 Å². The van der Waals surface area contributed by atoms with Crippen LogP contribution in [0.25, 0.3) is 0 Å². The van der Waals surface area contributed by atoms with Gasteiger partial charge in [-0.3, -0.25) is 0 Å². The summed E-state index contributed by atoms with van der Waals surface area (Å²) in [6.45, 7) is 6.62. The van der Waals surface area contributed by atoms with Gasteiger partial charge in [-0.25, -0.2) is 0 Å². The van der Waals surface area contributed by atoms with Gasteiger partial charge in [-0.15, -0.1) is 0 Å². The fraction of sp³-hybridized carbons (Fsp3) is 1.00. The lowest BCUT2D eigenvalue weighted by Gasteiger charge is -2.31. The third-order valence-electron chi connectivity index (χ3n) is 3.53. The third kappa shape index (κ3) is 9.85. The fourth-order valence-electron chi connectivity index (χ4n) is 2.11. The average Bonchev–Trinajstić information content (AvgIpc) is 2.37. The van der Waals surface area contributed by atoms with Gasteiger partial charge in [0.1, 0.15) is 0 Å². The first kappa shape index (κ1) is 20.0. The van der Waals surface area contributed by atoms with Gasteiger partial charge in [-0.05, 0) is 73.8 Å². The molecular formula is C14H35N3O2Si. The Kier molecular flexibility index (Phi) is 10.7. The molecule has 0 radical (unpaired) electrons. The van der Waals surface area contributed by atoms with Gasteiger partial charge in [0.05, 0.1) is 0 Å². The summed E-state index contributed by atoms with van der Waals surface area (Å²) in [6, 6.07) is 0. The Morgan fingerprint density at radius 3 is 1.45 bits per heavy atom. The molecular weight excluding hydrogens is 270 g/mol. The Morgan fingerprint density at radius 1 is 0.750 bits per heavy atom. The van der Waals surface area contributed by atoms with E-state index in [1.165, 1.54) is 12.8 Å². The quantitative estimate of drug-likeness (QED) is 0.504. The highest BCUT2D eigenvalue weighted by molar-refractivity contribution is 6.66. The van der Waals surface area contributed by atoms with Crippen LogP contribution < -0.4 is 0 Å². The summed E-state index contributed by atoms with van der Waals surface area (Å²) in [4.78, 5) is 6.98. The molecule has 0 amide bonds. The van der Waals surface area contributed by atoms with Gasteiger partial charge >= 0.3 is 8.56 Å². The van der Waals surface area contributed by atoms with Gasteiger partial charge < -0.3 is 23.6 Å². The summed E-state index contributed by atoms with van der Waals surface area (Å²) in [5.74, 6) is 0. The zero-order valence-corrected chi connectivity index (χ0v) is 15.6. The second kappa shape index (κ2) is 10.7. The van der Waals surface area contributed by atoms with Crippen molar-refractivity contribution < 1.29 is 8.85 Å². The molecule has 0 saturated carbocycles. The molecule has 0 aromatic carbocycles. The van der Waals surface area contributed by atoms with Gasteiger partial charge in [0.25, 0.3) is 0 Å². The van der Waals surface area contributed by atoms with Gasteiger partial charge in [0.15, 0.2) is 0 Å². The topological polar surface area (TPSA) is 28.2 Å². The Morgan fingerprint density at radius 2 is 1.15 bits per heavy atom. The number of rotatable bonds is 12. The van der Waals surface area contributed by atoms with Crippen LogP contribution in [-0.4, -0.2) is 98.0 Å². The predicted octanol–water partition coefficient (Wildman–Crippen LogP) is 1.10. The molecule has 0 rings (SSSR count). The van der Waals surface area contributed by atoms with E-state index in [0.29, 0.717) is 0 Å². The molecule has 5 nitrogen and oxygen atoms in total. The highest BCUT2D eigenvalue weighted by Crippen LogP contribution is 2.08. The largest absolute Gasteiger partial charge is 0.397 e. The molecule has 0 N–H and O–H groups in total. The Hall–Kier alpha value is 0.0169. The van der Waals surface area contributed by atoms with Crippen LogP contribution in [0, 0.1) is 0 Å². The number of nitrogens with zero attached hydrogens (tertiary/aromatic N) is 3. The summed E-state index contributed by atoms with van der Waals surface area (Å²) >= 11 is 0. The third-order valence-corrected chi connectivity index (χ3v) is 6.28. The summed E-state index contributed by atoms with van der Waals surface area (Å²) in [5, 5.41) is 0. The summed E-state index contributed by atoms with van der Waals surface area (Å²) in [7, 11) is 10.0. The highest BCUT2D eigenvalue weighted by atomic mass is 28.4. The van der Waals surface area contributed by atoms with Crippen LogP contribution in [0.1, 0.15) is 12.8 Å². The second-order valence-corrected chi connectivity index (χ2v) is 9.53. The lowest BCUT2D eigenvalue weighted by molar-refractivity contribution is 0.199. The Balaban J connectivity index is 4.29. The maximum Gasteiger partial charge on any atom is 0.348 e. The minimum Gasteiger partial charge on any atom is -0.397 e. The SMILES string of the molecule is CO[Si](C)(CN(CCCN(C)C)CCCN(C)C)OC. The molecule has 0 spiro atoms. The normalized spacial score (nSPS) is 12.9. The lowest BCUT2D eigenvalue weighted by Crippen LogP contribution is -2.49. The van der Waals surface area contributed by atoms with Crippen LogP contribution in [0.3, 0.4) is 0 Å². The van der Waals surface area contributed by atoms with Crippen molar-refractivity contribution >= 4 is 8.56 Å². The van der Waals surface area contributed by atoms with Crippen molar-refractivity contribution in [1.82, 2.24) is 14.7 Å². The molecule has 0 bridgehead atoms. The van der Waals surface area contributed by atoms with Gasteiger partial charge in [0, 0.05) is 20.4 Å². The Labute approximate surface area is 127 Å². The summed E-state index contributed by atoms with van der Waals surface area (Å²) < 4.78 is 11.3. The average molecular weight is 306 g/mol. The minimum atomic E-state index is -2.02. The Bertz CT molecular complexity index is 222. The van der Waals surface area contributed by atoms with Crippen LogP contribution in [0.15, 0.2) is 0 Å². The van der Waals surface area contributed by atoms with Gasteiger partial charge in [0.2, 0.25) is 0 Å².